The number of rotatable bonds is 0. The van der Waals surface area contributed by atoms with Crippen molar-refractivity contribution in [3.05, 3.63) is 46.8 Å². The summed E-state index contributed by atoms with van der Waals surface area (Å²) in [6.07, 6.45) is 7.98. The first kappa shape index (κ1) is 10.2. The van der Waals surface area contributed by atoms with E-state index in [2.05, 4.69) is 17.1 Å². The molecule has 0 spiro atoms. The normalized spacial score (nSPS) is 14.3. The Morgan fingerprint density at radius 3 is 3.17 bits per heavy atom. The lowest BCUT2D eigenvalue weighted by molar-refractivity contribution is 0.595. The summed E-state index contributed by atoms with van der Waals surface area (Å²) in [6.45, 7) is 0. The van der Waals surface area contributed by atoms with Crippen LogP contribution < -0.4 is 0 Å². The lowest BCUT2D eigenvalue weighted by atomic mass is 9.99. The summed E-state index contributed by atoms with van der Waals surface area (Å²) < 4.78 is 5.87. The molecule has 0 N–H and O–H groups in total. The molecule has 0 amide bonds. The second-order valence-corrected chi connectivity index (χ2v) is 4.99. The van der Waals surface area contributed by atoms with Crippen molar-refractivity contribution in [2.24, 2.45) is 0 Å². The summed E-state index contributed by atoms with van der Waals surface area (Å²) in [5.74, 6) is 0.973. The molecule has 1 aromatic carbocycles. The number of allylic oxidation sites excluding steroid dienone is 1. The maximum atomic E-state index is 5.99. The van der Waals surface area contributed by atoms with E-state index in [1.54, 1.807) is 6.20 Å². The summed E-state index contributed by atoms with van der Waals surface area (Å²) in [6, 6.07) is 5.96. The van der Waals surface area contributed by atoms with Gasteiger partial charge in [-0.25, -0.2) is 0 Å². The molecule has 18 heavy (non-hydrogen) atoms. The van der Waals surface area contributed by atoms with Crippen molar-refractivity contribution in [3.8, 4) is 0 Å². The van der Waals surface area contributed by atoms with Gasteiger partial charge in [-0.3, -0.25) is 4.98 Å². The van der Waals surface area contributed by atoms with Crippen molar-refractivity contribution < 1.29 is 4.42 Å². The monoisotopic (exact) mass is 255 g/mol. The molecule has 2 aromatic heterocycles. The average Bonchev–Trinajstić information content (AvgIpc) is 2.77. The third-order valence-electron chi connectivity index (χ3n) is 3.43. The molecule has 4 rings (SSSR count). The number of hydrogen-bond acceptors (Lipinski definition) is 2. The first-order valence-electron chi connectivity index (χ1n) is 5.99. The molecule has 1 aliphatic rings. The summed E-state index contributed by atoms with van der Waals surface area (Å²) in [7, 11) is 0. The molecular formula is C15H10ClNO. The van der Waals surface area contributed by atoms with Crippen LogP contribution in [0, 0.1) is 0 Å². The van der Waals surface area contributed by atoms with E-state index in [0.717, 1.165) is 40.5 Å². The van der Waals surface area contributed by atoms with Gasteiger partial charge in [0.1, 0.15) is 11.3 Å². The van der Waals surface area contributed by atoms with Gasteiger partial charge in [0.25, 0.3) is 0 Å². The third-order valence-corrected chi connectivity index (χ3v) is 3.64. The molecule has 0 saturated carbocycles. The molecule has 0 saturated heterocycles. The van der Waals surface area contributed by atoms with E-state index in [1.165, 1.54) is 5.56 Å². The van der Waals surface area contributed by atoms with Gasteiger partial charge < -0.3 is 4.42 Å². The number of pyridine rings is 1. The highest BCUT2D eigenvalue weighted by Crippen LogP contribution is 2.35. The highest BCUT2D eigenvalue weighted by atomic mass is 35.5. The molecular weight excluding hydrogens is 246 g/mol. The van der Waals surface area contributed by atoms with Gasteiger partial charge in [0, 0.05) is 17.1 Å². The number of halogens is 1. The summed E-state index contributed by atoms with van der Waals surface area (Å²) in [5.41, 5.74) is 3.17. The highest BCUT2D eigenvalue weighted by Gasteiger charge is 2.17. The van der Waals surface area contributed by atoms with E-state index in [0.29, 0.717) is 5.02 Å². The predicted molar refractivity (Wildman–Crippen MR) is 73.9 cm³/mol. The van der Waals surface area contributed by atoms with Crippen molar-refractivity contribution in [2.45, 2.75) is 12.8 Å². The number of hydrogen-bond donors (Lipinski definition) is 0. The van der Waals surface area contributed by atoms with Gasteiger partial charge in [-0.15, -0.1) is 0 Å². The zero-order valence-corrected chi connectivity index (χ0v) is 10.4. The maximum Gasteiger partial charge on any atom is 0.137 e. The molecule has 3 heteroatoms. The van der Waals surface area contributed by atoms with E-state index >= 15 is 0 Å². The SMILES string of the molecule is Clc1cnc2c(ccc3oc4c(c32)CCC=C4)c1. The Balaban J connectivity index is 2.20. The molecule has 3 aromatic rings. The van der Waals surface area contributed by atoms with Crippen LogP contribution in [0.5, 0.6) is 0 Å². The Morgan fingerprint density at radius 2 is 2.22 bits per heavy atom. The van der Waals surface area contributed by atoms with Gasteiger partial charge in [-0.05, 0) is 37.1 Å². The van der Waals surface area contributed by atoms with Crippen LogP contribution >= 0.6 is 11.6 Å². The molecule has 0 fully saturated rings. The predicted octanol–water partition coefficient (Wildman–Crippen LogP) is 4.59. The molecule has 0 unspecified atom stereocenters. The number of nitrogens with zero attached hydrogens (tertiary/aromatic N) is 1. The Labute approximate surface area is 109 Å². The van der Waals surface area contributed by atoms with Gasteiger partial charge in [0.15, 0.2) is 0 Å². The van der Waals surface area contributed by atoms with Gasteiger partial charge in [0.2, 0.25) is 0 Å². The van der Waals surface area contributed by atoms with E-state index in [-0.39, 0.29) is 0 Å². The second-order valence-electron chi connectivity index (χ2n) is 4.55. The van der Waals surface area contributed by atoms with Crippen LogP contribution in [-0.4, -0.2) is 4.98 Å². The number of benzene rings is 1. The van der Waals surface area contributed by atoms with Gasteiger partial charge in [-0.2, -0.15) is 0 Å². The molecule has 0 bridgehead atoms. The van der Waals surface area contributed by atoms with Crippen LogP contribution in [0.3, 0.4) is 0 Å². The largest absolute Gasteiger partial charge is 0.456 e. The zero-order chi connectivity index (χ0) is 12.1. The van der Waals surface area contributed by atoms with E-state index in [9.17, 15) is 0 Å². The smallest absolute Gasteiger partial charge is 0.137 e. The van der Waals surface area contributed by atoms with Crippen molar-refractivity contribution in [3.63, 3.8) is 0 Å². The van der Waals surface area contributed by atoms with Crippen molar-refractivity contribution in [2.75, 3.05) is 0 Å². The van der Waals surface area contributed by atoms with Crippen LogP contribution in [0.15, 0.2) is 34.9 Å². The van der Waals surface area contributed by atoms with Crippen LogP contribution in [0.1, 0.15) is 17.7 Å². The maximum absolute atomic E-state index is 5.99. The van der Waals surface area contributed by atoms with Gasteiger partial charge >= 0.3 is 0 Å². The quantitative estimate of drug-likeness (QED) is 0.587. The molecule has 0 atom stereocenters. The Hall–Kier alpha value is -1.80. The minimum absolute atomic E-state index is 0.666. The Kier molecular flexibility index (Phi) is 2.03. The molecule has 88 valence electrons. The molecule has 0 radical (unpaired) electrons. The fraction of sp³-hybridized carbons (Fsp3) is 0.133. The van der Waals surface area contributed by atoms with Crippen LogP contribution in [0.4, 0.5) is 0 Å². The lowest BCUT2D eigenvalue weighted by Gasteiger charge is -2.04. The molecule has 2 nitrogen and oxygen atoms in total. The lowest BCUT2D eigenvalue weighted by Crippen LogP contribution is -1.90. The highest BCUT2D eigenvalue weighted by molar-refractivity contribution is 6.31. The first-order chi connectivity index (χ1) is 8.83. The third kappa shape index (κ3) is 1.33. The molecule has 2 heterocycles. The standard InChI is InChI=1S/C15H10ClNO/c16-10-7-9-5-6-13-14(15(9)17-8-10)11-3-1-2-4-12(11)18-13/h2,4-8H,1,3H2. The number of aryl methyl sites for hydroxylation is 1. The number of furan rings is 1. The fourth-order valence-electron chi connectivity index (χ4n) is 2.64. The van der Waals surface area contributed by atoms with Crippen LogP contribution in [0.25, 0.3) is 27.9 Å². The minimum atomic E-state index is 0.666. The number of fused-ring (bicyclic) bond motifs is 5. The second kappa shape index (κ2) is 3.59. The average molecular weight is 256 g/mol. The van der Waals surface area contributed by atoms with Crippen molar-refractivity contribution >= 4 is 39.5 Å². The van der Waals surface area contributed by atoms with E-state index < -0.39 is 0 Å². The Bertz CT molecular complexity index is 801. The van der Waals surface area contributed by atoms with Gasteiger partial charge in [-0.1, -0.05) is 17.7 Å². The molecule has 0 aliphatic heterocycles. The van der Waals surface area contributed by atoms with E-state index in [1.807, 2.05) is 18.2 Å². The summed E-state index contributed by atoms with van der Waals surface area (Å²) >= 11 is 5.99. The van der Waals surface area contributed by atoms with Crippen molar-refractivity contribution in [1.29, 1.82) is 0 Å². The molecule has 1 aliphatic carbocycles. The first-order valence-corrected chi connectivity index (χ1v) is 6.37. The topological polar surface area (TPSA) is 26.0 Å². The summed E-state index contributed by atoms with van der Waals surface area (Å²) in [5, 5.41) is 2.87. The van der Waals surface area contributed by atoms with E-state index in [4.69, 9.17) is 16.0 Å². The van der Waals surface area contributed by atoms with Crippen LogP contribution in [0.2, 0.25) is 5.02 Å². The fourth-order valence-corrected chi connectivity index (χ4v) is 2.80. The zero-order valence-electron chi connectivity index (χ0n) is 9.61. The van der Waals surface area contributed by atoms with Crippen LogP contribution in [-0.2, 0) is 6.42 Å². The Morgan fingerprint density at radius 1 is 1.28 bits per heavy atom. The minimum Gasteiger partial charge on any atom is -0.456 e. The number of aromatic nitrogens is 1. The van der Waals surface area contributed by atoms with Gasteiger partial charge in [0.05, 0.1) is 15.9 Å². The van der Waals surface area contributed by atoms with Crippen molar-refractivity contribution in [1.82, 2.24) is 4.98 Å². The summed E-state index contributed by atoms with van der Waals surface area (Å²) in [4.78, 5) is 4.47.